The summed E-state index contributed by atoms with van der Waals surface area (Å²) in [5.41, 5.74) is 0.672. The van der Waals surface area contributed by atoms with Crippen molar-refractivity contribution < 1.29 is 9.84 Å². The Labute approximate surface area is 130 Å². The molecule has 2 atom stereocenters. The fourth-order valence-electron chi connectivity index (χ4n) is 2.56. The van der Waals surface area contributed by atoms with Crippen LogP contribution in [0.5, 0.6) is 0 Å². The number of benzene rings is 1. The normalized spacial score (nSPS) is 19.8. The lowest BCUT2D eigenvalue weighted by atomic mass is 9.93. The molecule has 0 amide bonds. The summed E-state index contributed by atoms with van der Waals surface area (Å²) in [6.07, 6.45) is 1.49. The quantitative estimate of drug-likeness (QED) is 0.874. The molecule has 3 nitrogen and oxygen atoms in total. The van der Waals surface area contributed by atoms with Crippen LogP contribution < -0.4 is 5.32 Å². The summed E-state index contributed by atoms with van der Waals surface area (Å²) in [7, 11) is 0. The minimum Gasteiger partial charge on any atom is -0.387 e. The third-order valence-electron chi connectivity index (χ3n) is 3.92. The Balaban J connectivity index is 1.87. The first-order valence-electron chi connectivity index (χ1n) is 7.02. The number of halogens is 2. The molecule has 1 aliphatic heterocycles. The van der Waals surface area contributed by atoms with Crippen LogP contribution in [-0.2, 0) is 4.74 Å². The molecule has 0 spiro atoms. The molecule has 0 radical (unpaired) electrons. The molecule has 112 valence electrons. The predicted molar refractivity (Wildman–Crippen MR) is 82.4 cm³/mol. The third kappa shape index (κ3) is 4.34. The zero-order chi connectivity index (χ0) is 14.5. The Morgan fingerprint density at radius 1 is 1.35 bits per heavy atom. The van der Waals surface area contributed by atoms with Gasteiger partial charge in [-0.25, -0.2) is 0 Å². The Bertz CT molecular complexity index is 436. The lowest BCUT2D eigenvalue weighted by Gasteiger charge is -2.29. The van der Waals surface area contributed by atoms with E-state index in [0.29, 0.717) is 34.1 Å². The molecule has 1 heterocycles. The summed E-state index contributed by atoms with van der Waals surface area (Å²) in [5, 5.41) is 14.8. The third-order valence-corrected chi connectivity index (χ3v) is 4.50. The summed E-state index contributed by atoms with van der Waals surface area (Å²) >= 11 is 12.0. The molecular formula is C15H21Cl2NO2. The number of hydrogen-bond donors (Lipinski definition) is 2. The maximum atomic E-state index is 10.2. The minimum atomic E-state index is -0.650. The van der Waals surface area contributed by atoms with Crippen LogP contribution in [0.15, 0.2) is 18.2 Å². The van der Waals surface area contributed by atoms with E-state index in [0.717, 1.165) is 26.1 Å². The van der Waals surface area contributed by atoms with Crippen molar-refractivity contribution in [2.24, 2.45) is 5.92 Å². The van der Waals surface area contributed by atoms with Gasteiger partial charge in [0.25, 0.3) is 0 Å². The van der Waals surface area contributed by atoms with Crippen LogP contribution in [0.1, 0.15) is 31.4 Å². The number of hydrogen-bond acceptors (Lipinski definition) is 3. The highest BCUT2D eigenvalue weighted by atomic mass is 35.5. The van der Waals surface area contributed by atoms with Gasteiger partial charge in [-0.15, -0.1) is 0 Å². The molecule has 5 heteroatoms. The zero-order valence-electron chi connectivity index (χ0n) is 11.6. The molecule has 1 aliphatic rings. The predicted octanol–water partition coefficient (Wildman–Crippen LogP) is 3.43. The van der Waals surface area contributed by atoms with Crippen LogP contribution in [0.4, 0.5) is 0 Å². The summed E-state index contributed by atoms with van der Waals surface area (Å²) in [4.78, 5) is 0. The number of aliphatic hydroxyl groups excluding tert-OH is 1. The van der Waals surface area contributed by atoms with Crippen LogP contribution in [0, 0.1) is 5.92 Å². The molecule has 2 rings (SSSR count). The fraction of sp³-hybridized carbons (Fsp3) is 0.600. The Morgan fingerprint density at radius 2 is 2.05 bits per heavy atom. The summed E-state index contributed by atoms with van der Waals surface area (Å²) < 4.78 is 5.36. The highest BCUT2D eigenvalue weighted by Gasteiger charge is 2.21. The molecule has 1 saturated heterocycles. The smallest absolute Gasteiger partial charge is 0.0929 e. The van der Waals surface area contributed by atoms with Crippen molar-refractivity contribution in [3.05, 3.63) is 33.8 Å². The maximum absolute atomic E-state index is 10.2. The van der Waals surface area contributed by atoms with Gasteiger partial charge < -0.3 is 15.2 Å². The molecule has 2 unspecified atom stereocenters. The molecule has 0 bridgehead atoms. The Kier molecular flexibility index (Phi) is 6.12. The van der Waals surface area contributed by atoms with Gasteiger partial charge in [-0.3, -0.25) is 0 Å². The van der Waals surface area contributed by atoms with E-state index < -0.39 is 6.10 Å². The van der Waals surface area contributed by atoms with Gasteiger partial charge in [-0.2, -0.15) is 0 Å². The first-order valence-corrected chi connectivity index (χ1v) is 7.77. The van der Waals surface area contributed by atoms with Gasteiger partial charge in [0.15, 0.2) is 0 Å². The maximum Gasteiger partial charge on any atom is 0.0929 e. The van der Waals surface area contributed by atoms with Gasteiger partial charge in [-0.1, -0.05) is 23.2 Å². The summed E-state index contributed by atoms with van der Waals surface area (Å²) in [6.45, 7) is 4.29. The van der Waals surface area contributed by atoms with E-state index in [1.165, 1.54) is 0 Å². The molecule has 1 fully saturated rings. The van der Waals surface area contributed by atoms with E-state index in [1.807, 2.05) is 0 Å². The van der Waals surface area contributed by atoms with Gasteiger partial charge in [0.2, 0.25) is 0 Å². The Morgan fingerprint density at radius 3 is 2.75 bits per heavy atom. The highest BCUT2D eigenvalue weighted by Crippen LogP contribution is 2.26. The van der Waals surface area contributed by atoms with Gasteiger partial charge in [0, 0.05) is 41.4 Å². The lowest BCUT2D eigenvalue weighted by Crippen LogP contribution is -2.38. The molecule has 0 aromatic heterocycles. The first kappa shape index (κ1) is 16.1. The molecule has 0 saturated carbocycles. The summed E-state index contributed by atoms with van der Waals surface area (Å²) in [5.74, 6) is 0.603. The summed E-state index contributed by atoms with van der Waals surface area (Å²) in [6, 6.07) is 5.50. The average Bonchev–Trinajstić information content (AvgIpc) is 2.47. The van der Waals surface area contributed by atoms with E-state index in [2.05, 4.69) is 12.2 Å². The largest absolute Gasteiger partial charge is 0.387 e. The zero-order valence-corrected chi connectivity index (χ0v) is 13.1. The van der Waals surface area contributed by atoms with E-state index in [4.69, 9.17) is 27.9 Å². The molecule has 1 aromatic rings. The molecule has 1 aromatic carbocycles. The van der Waals surface area contributed by atoms with E-state index in [1.54, 1.807) is 18.2 Å². The van der Waals surface area contributed by atoms with Crippen molar-refractivity contribution in [1.29, 1.82) is 0 Å². The van der Waals surface area contributed by atoms with E-state index in [-0.39, 0.29) is 0 Å². The van der Waals surface area contributed by atoms with Crippen molar-refractivity contribution in [2.75, 3.05) is 19.8 Å². The molecule has 0 aliphatic carbocycles. The van der Waals surface area contributed by atoms with Gasteiger partial charge in [0.05, 0.1) is 6.10 Å². The van der Waals surface area contributed by atoms with Crippen molar-refractivity contribution in [2.45, 2.75) is 31.9 Å². The van der Waals surface area contributed by atoms with E-state index >= 15 is 0 Å². The van der Waals surface area contributed by atoms with Gasteiger partial charge in [-0.05, 0) is 43.9 Å². The first-order chi connectivity index (χ1) is 9.58. The second-order valence-electron chi connectivity index (χ2n) is 5.33. The van der Waals surface area contributed by atoms with Gasteiger partial charge >= 0.3 is 0 Å². The Hall–Kier alpha value is -0.320. The molecule has 20 heavy (non-hydrogen) atoms. The second-order valence-corrected chi connectivity index (χ2v) is 6.17. The van der Waals surface area contributed by atoms with Crippen LogP contribution >= 0.6 is 23.2 Å². The monoisotopic (exact) mass is 317 g/mol. The second kappa shape index (κ2) is 7.62. The minimum absolute atomic E-state index is 0.353. The average molecular weight is 318 g/mol. The fourth-order valence-corrected chi connectivity index (χ4v) is 2.98. The van der Waals surface area contributed by atoms with Crippen LogP contribution in [0.3, 0.4) is 0 Å². The SMILES string of the molecule is CC(NCC(O)c1cc(Cl)ccc1Cl)C1CCOCC1. The molecular weight excluding hydrogens is 297 g/mol. The van der Waals surface area contributed by atoms with Crippen molar-refractivity contribution in [3.8, 4) is 0 Å². The standard InChI is InChI=1S/C15H21Cl2NO2/c1-10(11-4-6-20-7-5-11)18-9-15(19)13-8-12(16)2-3-14(13)17/h2-3,8,10-11,15,18-19H,4-7,9H2,1H3. The van der Waals surface area contributed by atoms with Gasteiger partial charge in [0.1, 0.15) is 0 Å². The van der Waals surface area contributed by atoms with Crippen LogP contribution in [0.2, 0.25) is 10.0 Å². The topological polar surface area (TPSA) is 41.5 Å². The van der Waals surface area contributed by atoms with Crippen molar-refractivity contribution >= 4 is 23.2 Å². The number of rotatable bonds is 5. The van der Waals surface area contributed by atoms with Crippen molar-refractivity contribution in [1.82, 2.24) is 5.32 Å². The number of ether oxygens (including phenoxy) is 1. The lowest BCUT2D eigenvalue weighted by molar-refractivity contribution is 0.0537. The van der Waals surface area contributed by atoms with E-state index in [9.17, 15) is 5.11 Å². The number of nitrogens with one attached hydrogen (secondary N) is 1. The van der Waals surface area contributed by atoms with Crippen molar-refractivity contribution in [3.63, 3.8) is 0 Å². The van der Waals surface area contributed by atoms with Crippen LogP contribution in [-0.4, -0.2) is 30.9 Å². The van der Waals surface area contributed by atoms with Crippen LogP contribution in [0.25, 0.3) is 0 Å². The molecule has 2 N–H and O–H groups in total. The highest BCUT2D eigenvalue weighted by molar-refractivity contribution is 6.33. The number of aliphatic hydroxyl groups is 1.